The molecule has 0 fully saturated rings. The molecule has 0 saturated carbocycles. The Bertz CT molecular complexity index is 3670. The molecule has 11 aromatic rings. The van der Waals surface area contributed by atoms with Crippen molar-refractivity contribution in [2.24, 2.45) is 0 Å². The van der Waals surface area contributed by atoms with Crippen molar-refractivity contribution in [1.82, 2.24) is 0 Å². The summed E-state index contributed by atoms with van der Waals surface area (Å²) in [5.74, 6) is 0. The first-order chi connectivity index (χ1) is 34.3. The largest absolute Gasteiger partial charge is 0.310 e. The van der Waals surface area contributed by atoms with Gasteiger partial charge < -0.3 is 4.90 Å². The van der Waals surface area contributed by atoms with E-state index in [2.05, 4.69) is 278 Å². The molecule has 0 heterocycles. The minimum absolute atomic E-state index is 0.479. The summed E-state index contributed by atoms with van der Waals surface area (Å²) in [5, 5.41) is 0. The average molecular weight is 876 g/mol. The van der Waals surface area contributed by atoms with Gasteiger partial charge in [-0.05, 0) is 125 Å². The van der Waals surface area contributed by atoms with Crippen LogP contribution in [0, 0.1) is 0 Å². The van der Waals surface area contributed by atoms with E-state index in [1.54, 1.807) is 0 Å². The van der Waals surface area contributed by atoms with Crippen LogP contribution in [0.1, 0.15) is 44.5 Å². The third-order valence-corrected chi connectivity index (χ3v) is 15.4. The molecular formula is C68H45N. The molecule has 0 amide bonds. The van der Waals surface area contributed by atoms with E-state index in [1.807, 2.05) is 0 Å². The Hall–Kier alpha value is -8.78. The summed E-state index contributed by atoms with van der Waals surface area (Å²) in [5.41, 5.74) is 25.2. The van der Waals surface area contributed by atoms with Crippen LogP contribution in [0.4, 0.5) is 17.1 Å². The molecule has 0 bridgehead atoms. The Labute approximate surface area is 403 Å². The zero-order valence-electron chi connectivity index (χ0n) is 37.9. The van der Waals surface area contributed by atoms with E-state index >= 15 is 0 Å². The quantitative estimate of drug-likeness (QED) is 0.154. The molecule has 0 unspecified atom stereocenters. The van der Waals surface area contributed by atoms with E-state index in [4.69, 9.17) is 0 Å². The average Bonchev–Trinajstić information content (AvgIpc) is 4.02. The third-order valence-electron chi connectivity index (χ3n) is 15.4. The van der Waals surface area contributed by atoms with E-state index in [0.717, 1.165) is 17.1 Å². The van der Waals surface area contributed by atoms with Gasteiger partial charge in [0.15, 0.2) is 0 Å². The summed E-state index contributed by atoms with van der Waals surface area (Å²) in [7, 11) is 0. The van der Waals surface area contributed by atoms with Crippen LogP contribution < -0.4 is 4.90 Å². The van der Waals surface area contributed by atoms with Gasteiger partial charge in [-0.3, -0.25) is 0 Å². The number of fused-ring (bicyclic) bond motifs is 13. The van der Waals surface area contributed by atoms with Gasteiger partial charge in [0.1, 0.15) is 0 Å². The summed E-state index contributed by atoms with van der Waals surface area (Å²) in [6.07, 6.45) is 0. The van der Waals surface area contributed by atoms with Crippen LogP contribution in [0.2, 0.25) is 0 Å². The predicted molar refractivity (Wildman–Crippen MR) is 286 cm³/mol. The first-order valence-electron chi connectivity index (χ1n) is 24.1. The fourth-order valence-corrected chi connectivity index (χ4v) is 12.7. The van der Waals surface area contributed by atoms with Crippen LogP contribution in [0.15, 0.2) is 273 Å². The second-order valence-electron chi connectivity index (χ2n) is 18.6. The molecular weight excluding hydrogens is 831 g/mol. The molecule has 1 nitrogen and oxygen atoms in total. The highest BCUT2D eigenvalue weighted by atomic mass is 15.1. The first-order valence-corrected chi connectivity index (χ1v) is 24.1. The number of rotatable bonds is 7. The normalized spacial score (nSPS) is 13.7. The van der Waals surface area contributed by atoms with Crippen LogP contribution in [0.5, 0.6) is 0 Å². The molecule has 11 aromatic carbocycles. The molecule has 69 heavy (non-hydrogen) atoms. The van der Waals surface area contributed by atoms with Gasteiger partial charge in [0.05, 0.1) is 16.5 Å². The highest BCUT2D eigenvalue weighted by Crippen LogP contribution is 2.64. The SMILES string of the molecule is c1ccc(-c2ccccc2-c2ccc(N(c3ccc4c(c3)C3(c5ccccc5-c5ccccc53)c3ccccc3-4)c3cccc4c3-c3ccccc3C4(c3ccccc3)c3ccccc3)cc2)cc1. The zero-order valence-corrected chi connectivity index (χ0v) is 37.9. The van der Waals surface area contributed by atoms with Crippen molar-refractivity contribution in [1.29, 1.82) is 0 Å². The van der Waals surface area contributed by atoms with Crippen LogP contribution in [0.25, 0.3) is 55.6 Å². The molecule has 0 aliphatic heterocycles. The fraction of sp³-hybridized carbons (Fsp3) is 0.0294. The first kappa shape index (κ1) is 39.4. The molecule has 322 valence electrons. The second kappa shape index (κ2) is 15.4. The Morgan fingerprint density at radius 1 is 0.232 bits per heavy atom. The van der Waals surface area contributed by atoms with Crippen molar-refractivity contribution in [3.8, 4) is 55.6 Å². The van der Waals surface area contributed by atoms with E-state index in [1.165, 1.54) is 100 Å². The number of hydrogen-bond donors (Lipinski definition) is 0. The van der Waals surface area contributed by atoms with Gasteiger partial charge in [-0.2, -0.15) is 0 Å². The standard InChI is InChI=1S/C68H45N/c1-4-21-46(22-5-1)52-27-10-11-28-53(52)47-39-41-50(42-40-47)69(65-38-20-37-63-66(65)58-32-15-19-36-62(58)67(63,48-23-6-2-7-24-48)49-25-8-3-9-26-49)51-43-44-57-56-31-14-18-35-61(56)68(64(57)45-51)59-33-16-12-29-54(59)55-30-13-17-34-60(55)68/h1-45H. The molecule has 0 aromatic heterocycles. The topological polar surface area (TPSA) is 3.24 Å². The van der Waals surface area contributed by atoms with Crippen molar-refractivity contribution in [2.45, 2.75) is 10.8 Å². The van der Waals surface area contributed by atoms with Gasteiger partial charge in [-0.25, -0.2) is 0 Å². The lowest BCUT2D eigenvalue weighted by atomic mass is 9.68. The molecule has 3 aliphatic carbocycles. The number of hydrogen-bond acceptors (Lipinski definition) is 1. The summed E-state index contributed by atoms with van der Waals surface area (Å²) in [6, 6.07) is 102. The molecule has 0 atom stereocenters. The number of anilines is 3. The smallest absolute Gasteiger partial charge is 0.0726 e. The van der Waals surface area contributed by atoms with Gasteiger partial charge in [0.25, 0.3) is 0 Å². The lowest BCUT2D eigenvalue weighted by molar-refractivity contribution is 0.768. The number of benzene rings is 11. The Morgan fingerprint density at radius 3 is 1.16 bits per heavy atom. The van der Waals surface area contributed by atoms with E-state index in [-0.39, 0.29) is 0 Å². The highest BCUT2D eigenvalue weighted by Gasteiger charge is 2.52. The summed E-state index contributed by atoms with van der Waals surface area (Å²) < 4.78 is 0. The van der Waals surface area contributed by atoms with Gasteiger partial charge in [0, 0.05) is 16.9 Å². The molecule has 1 spiro atoms. The highest BCUT2D eigenvalue weighted by molar-refractivity contribution is 6.00. The minimum atomic E-state index is -0.540. The minimum Gasteiger partial charge on any atom is -0.310 e. The van der Waals surface area contributed by atoms with Crippen molar-refractivity contribution in [3.63, 3.8) is 0 Å². The summed E-state index contributed by atoms with van der Waals surface area (Å²) in [6.45, 7) is 0. The molecule has 1 heteroatoms. The fourth-order valence-electron chi connectivity index (χ4n) is 12.7. The van der Waals surface area contributed by atoms with Gasteiger partial charge >= 0.3 is 0 Å². The summed E-state index contributed by atoms with van der Waals surface area (Å²) in [4.78, 5) is 2.54. The maximum Gasteiger partial charge on any atom is 0.0726 e. The number of nitrogens with zero attached hydrogens (tertiary/aromatic N) is 1. The lowest BCUT2D eigenvalue weighted by Crippen LogP contribution is -2.28. The van der Waals surface area contributed by atoms with Gasteiger partial charge in [-0.1, -0.05) is 243 Å². The van der Waals surface area contributed by atoms with Crippen molar-refractivity contribution >= 4 is 17.1 Å². The van der Waals surface area contributed by atoms with Crippen LogP contribution in [-0.2, 0) is 10.8 Å². The van der Waals surface area contributed by atoms with E-state index in [9.17, 15) is 0 Å². The molecule has 14 rings (SSSR count). The third kappa shape index (κ3) is 5.53. The van der Waals surface area contributed by atoms with Crippen LogP contribution >= 0.6 is 0 Å². The maximum atomic E-state index is 2.54. The van der Waals surface area contributed by atoms with Crippen LogP contribution in [-0.4, -0.2) is 0 Å². The van der Waals surface area contributed by atoms with Gasteiger partial charge in [0.2, 0.25) is 0 Å². The molecule has 0 N–H and O–H groups in total. The van der Waals surface area contributed by atoms with Crippen molar-refractivity contribution < 1.29 is 0 Å². The summed E-state index contributed by atoms with van der Waals surface area (Å²) >= 11 is 0. The zero-order chi connectivity index (χ0) is 45.5. The Kier molecular flexibility index (Phi) is 8.78. The Morgan fingerprint density at radius 2 is 0.623 bits per heavy atom. The molecule has 0 radical (unpaired) electrons. The Balaban J connectivity index is 1.04. The van der Waals surface area contributed by atoms with Gasteiger partial charge in [-0.15, -0.1) is 0 Å². The van der Waals surface area contributed by atoms with E-state index in [0.29, 0.717) is 0 Å². The van der Waals surface area contributed by atoms with Crippen molar-refractivity contribution in [2.75, 3.05) is 4.90 Å². The van der Waals surface area contributed by atoms with Crippen molar-refractivity contribution in [3.05, 3.63) is 317 Å². The lowest BCUT2D eigenvalue weighted by Gasteiger charge is -2.35. The van der Waals surface area contributed by atoms with Crippen LogP contribution in [0.3, 0.4) is 0 Å². The molecule has 3 aliphatic rings. The predicted octanol–water partition coefficient (Wildman–Crippen LogP) is 17.2. The monoisotopic (exact) mass is 875 g/mol. The van der Waals surface area contributed by atoms with E-state index < -0.39 is 10.8 Å². The second-order valence-corrected chi connectivity index (χ2v) is 18.6. The molecule has 0 saturated heterocycles. The maximum absolute atomic E-state index is 2.54.